The first-order valence-electron chi connectivity index (χ1n) is 13.9. The number of phenolic OH excluding ortho intramolecular Hbond substituents is 2. The molecule has 6 atom stereocenters. The molecule has 10 nitrogen and oxygen atoms in total. The maximum atomic E-state index is 13.6. The third-order valence-electron chi connectivity index (χ3n) is 8.90. The van der Waals surface area contributed by atoms with Gasteiger partial charge in [0, 0.05) is 47.6 Å². The van der Waals surface area contributed by atoms with E-state index in [0.29, 0.717) is 5.57 Å². The van der Waals surface area contributed by atoms with Crippen LogP contribution in [0.3, 0.4) is 0 Å². The second-order valence-electron chi connectivity index (χ2n) is 11.7. The Labute approximate surface area is 238 Å². The maximum absolute atomic E-state index is 13.6. The van der Waals surface area contributed by atoms with E-state index < -0.39 is 65.9 Å². The number of fused-ring (bicyclic) bond motifs is 3. The molecule has 1 fully saturated rings. The van der Waals surface area contributed by atoms with E-state index in [-0.39, 0.29) is 58.6 Å². The molecule has 2 aliphatic carbocycles. The van der Waals surface area contributed by atoms with Gasteiger partial charge in [-0.1, -0.05) is 43.7 Å². The summed E-state index contributed by atoms with van der Waals surface area (Å²) in [6.07, 6.45) is -3.98. The van der Waals surface area contributed by atoms with Gasteiger partial charge in [-0.2, -0.15) is 0 Å². The van der Waals surface area contributed by atoms with Gasteiger partial charge in [-0.05, 0) is 25.3 Å². The van der Waals surface area contributed by atoms with Crippen LogP contribution in [0.4, 0.5) is 0 Å². The Kier molecular flexibility index (Phi) is 7.60. The normalized spacial score (nSPS) is 30.0. The van der Waals surface area contributed by atoms with E-state index in [1.54, 1.807) is 26.0 Å². The quantitative estimate of drug-likeness (QED) is 0.198. The summed E-state index contributed by atoms with van der Waals surface area (Å²) in [4.78, 5) is 27.1. The smallest absolute Gasteiger partial charge is 0.198 e. The van der Waals surface area contributed by atoms with E-state index in [1.165, 1.54) is 12.1 Å². The molecule has 3 aliphatic rings. The molecule has 0 radical (unpaired) electrons. The number of aliphatic hydroxyl groups is 3. The number of ether oxygens (including phenoxy) is 2. The van der Waals surface area contributed by atoms with E-state index in [9.17, 15) is 35.1 Å². The number of hydrogen-bond donors (Lipinski definition) is 6. The van der Waals surface area contributed by atoms with Crippen LogP contribution < -0.4 is 5.73 Å². The first-order valence-corrected chi connectivity index (χ1v) is 13.9. The van der Waals surface area contributed by atoms with Crippen LogP contribution in [-0.2, 0) is 15.9 Å². The third-order valence-corrected chi connectivity index (χ3v) is 8.90. The summed E-state index contributed by atoms with van der Waals surface area (Å²) in [6, 6.07) is 5.51. The van der Waals surface area contributed by atoms with Crippen molar-refractivity contribution in [3.63, 3.8) is 0 Å². The predicted octanol–water partition coefficient (Wildman–Crippen LogP) is 2.40. The van der Waals surface area contributed by atoms with Crippen LogP contribution >= 0.6 is 0 Å². The molecule has 1 heterocycles. The average molecular weight is 568 g/mol. The van der Waals surface area contributed by atoms with Gasteiger partial charge in [-0.15, -0.1) is 0 Å². The van der Waals surface area contributed by atoms with Gasteiger partial charge in [-0.3, -0.25) is 9.59 Å². The average Bonchev–Trinajstić information content (AvgIpc) is 2.92. The predicted molar refractivity (Wildman–Crippen MR) is 148 cm³/mol. The van der Waals surface area contributed by atoms with Crippen molar-refractivity contribution in [1.82, 2.24) is 0 Å². The Bertz CT molecular complexity index is 1440. The van der Waals surface area contributed by atoms with Gasteiger partial charge in [0.15, 0.2) is 17.9 Å². The maximum Gasteiger partial charge on any atom is 0.198 e. The fraction of sp³-hybridized carbons (Fsp3) is 0.484. The number of aliphatic hydroxyl groups excluding tert-OH is 2. The van der Waals surface area contributed by atoms with Crippen LogP contribution in [0, 0.1) is 5.92 Å². The summed E-state index contributed by atoms with van der Waals surface area (Å²) < 4.78 is 12.1. The first kappa shape index (κ1) is 29.4. The Morgan fingerprint density at radius 1 is 1.12 bits per heavy atom. The summed E-state index contributed by atoms with van der Waals surface area (Å²) in [5.74, 6) is -2.32. The van der Waals surface area contributed by atoms with Crippen molar-refractivity contribution in [3.05, 3.63) is 68.8 Å². The molecule has 2 aromatic carbocycles. The van der Waals surface area contributed by atoms with E-state index in [0.717, 1.165) is 5.57 Å². The molecule has 2 aromatic rings. The minimum atomic E-state index is -1.74. The highest BCUT2D eigenvalue weighted by atomic mass is 16.7. The van der Waals surface area contributed by atoms with Gasteiger partial charge in [0.05, 0.1) is 41.6 Å². The standard InChI is InChI=1S/C31H37NO9/c1-13(2)14(3)19(12-33)31(39)10-18-23(21(11-31)41-22-9-20(32)26(34)15(4)40-22)30(38)25-24(29(18)37)27(35)16-7-5-6-8-17(16)28(25)36/h5-8,13,15,20-22,26,33-34,37-39H,9-12,32H2,1-4H3/b19-14-/t15-,20-,21-,22-,26+,31-/m0/s1. The molecule has 0 saturated carbocycles. The van der Waals surface area contributed by atoms with Crippen LogP contribution in [0.2, 0.25) is 0 Å². The number of phenols is 2. The largest absolute Gasteiger partial charge is 0.507 e. The molecule has 5 rings (SSSR count). The highest BCUT2D eigenvalue weighted by molar-refractivity contribution is 6.30. The number of aromatic hydroxyl groups is 2. The van der Waals surface area contributed by atoms with Crippen molar-refractivity contribution < 1.29 is 44.6 Å². The van der Waals surface area contributed by atoms with E-state index in [2.05, 4.69) is 0 Å². The first-order chi connectivity index (χ1) is 19.3. The van der Waals surface area contributed by atoms with Gasteiger partial charge in [0.2, 0.25) is 0 Å². The lowest BCUT2D eigenvalue weighted by Gasteiger charge is -2.44. The van der Waals surface area contributed by atoms with Gasteiger partial charge >= 0.3 is 0 Å². The highest BCUT2D eigenvalue weighted by Crippen LogP contribution is 2.53. The molecule has 0 unspecified atom stereocenters. The second-order valence-corrected chi connectivity index (χ2v) is 11.7. The number of rotatable bonds is 5. The van der Waals surface area contributed by atoms with Crippen LogP contribution in [0.1, 0.15) is 89.6 Å². The summed E-state index contributed by atoms with van der Waals surface area (Å²) in [5.41, 5.74) is 5.08. The zero-order valence-corrected chi connectivity index (χ0v) is 23.5. The van der Waals surface area contributed by atoms with Crippen molar-refractivity contribution in [2.75, 3.05) is 6.61 Å². The van der Waals surface area contributed by atoms with Crippen LogP contribution in [0.15, 0.2) is 35.4 Å². The summed E-state index contributed by atoms with van der Waals surface area (Å²) in [6.45, 7) is 6.81. The van der Waals surface area contributed by atoms with Crippen LogP contribution in [0.25, 0.3) is 0 Å². The molecule has 1 aliphatic heterocycles. The van der Waals surface area contributed by atoms with Crippen LogP contribution in [-0.4, -0.2) is 73.8 Å². The number of benzene rings is 2. The lowest BCUT2D eigenvalue weighted by Crippen LogP contribution is -2.52. The number of carbonyl (C=O) groups excluding carboxylic acids is 2. The number of ketones is 2. The van der Waals surface area contributed by atoms with Gasteiger partial charge < -0.3 is 40.7 Å². The minimum absolute atomic E-state index is 0.0230. The third kappa shape index (κ3) is 4.68. The molecular weight excluding hydrogens is 530 g/mol. The molecule has 10 heteroatoms. The number of carbonyl (C=O) groups is 2. The molecule has 220 valence electrons. The van der Waals surface area contributed by atoms with Crippen LogP contribution in [0.5, 0.6) is 11.5 Å². The molecule has 0 aromatic heterocycles. The van der Waals surface area contributed by atoms with Crippen molar-refractivity contribution in [2.45, 2.75) is 83.2 Å². The van der Waals surface area contributed by atoms with Gasteiger partial charge in [0.25, 0.3) is 0 Å². The van der Waals surface area contributed by atoms with Crippen molar-refractivity contribution in [3.8, 4) is 11.5 Å². The molecule has 7 N–H and O–H groups in total. The van der Waals surface area contributed by atoms with Crippen molar-refractivity contribution in [1.29, 1.82) is 0 Å². The van der Waals surface area contributed by atoms with E-state index in [1.807, 2.05) is 13.8 Å². The Morgan fingerprint density at radius 3 is 2.24 bits per heavy atom. The highest BCUT2D eigenvalue weighted by Gasteiger charge is 2.49. The lowest BCUT2D eigenvalue weighted by molar-refractivity contribution is -0.246. The van der Waals surface area contributed by atoms with Crippen molar-refractivity contribution in [2.24, 2.45) is 11.7 Å². The van der Waals surface area contributed by atoms with E-state index >= 15 is 0 Å². The van der Waals surface area contributed by atoms with Crippen molar-refractivity contribution >= 4 is 11.6 Å². The SMILES string of the molecule is C/C(=C(\CO)[C@]1(O)Cc2c(O)c3c(c(O)c2[C@@H](O[C@H]2C[C@H](N)[C@H](O)[C@H](C)O2)C1)C(=O)c1ccccc1C3=O)C(C)C. The summed E-state index contributed by atoms with van der Waals surface area (Å²) in [7, 11) is 0. The molecular formula is C31H37NO9. The molecule has 0 amide bonds. The minimum Gasteiger partial charge on any atom is -0.507 e. The summed E-state index contributed by atoms with van der Waals surface area (Å²) >= 11 is 0. The monoisotopic (exact) mass is 567 g/mol. The van der Waals surface area contributed by atoms with Gasteiger partial charge in [-0.25, -0.2) is 0 Å². The number of hydrogen-bond acceptors (Lipinski definition) is 10. The zero-order valence-electron chi connectivity index (χ0n) is 23.5. The fourth-order valence-electron chi connectivity index (χ4n) is 6.37. The second kappa shape index (κ2) is 10.6. The Morgan fingerprint density at radius 2 is 1.71 bits per heavy atom. The zero-order chi connectivity index (χ0) is 30.0. The number of allylic oxidation sites excluding steroid dienone is 1. The molecule has 0 spiro atoms. The Balaban J connectivity index is 1.71. The lowest BCUT2D eigenvalue weighted by atomic mass is 9.69. The topological polar surface area (TPSA) is 180 Å². The number of nitrogens with two attached hydrogens (primary N) is 1. The summed E-state index contributed by atoms with van der Waals surface area (Å²) in [5, 5.41) is 55.9. The van der Waals surface area contributed by atoms with E-state index in [4.69, 9.17) is 15.2 Å². The molecule has 0 bridgehead atoms. The van der Waals surface area contributed by atoms with Gasteiger partial charge in [0.1, 0.15) is 11.5 Å². The molecule has 41 heavy (non-hydrogen) atoms. The molecule has 1 saturated heterocycles. The fourth-order valence-corrected chi connectivity index (χ4v) is 6.37. The Hall–Kier alpha value is -3.12.